The molecule has 0 unspecified atom stereocenters. The molecule has 9 rings (SSSR count). The number of amides is 1. The standard InChI is InChI=1S/C39H42ClF2N7O3/c40-30-8-2-6-26-5-1-7-28(32(26)30)34-33(42)35-29(20-43-34)36(45-37(44-35)52-25-39-10-4-13-49(39)21-27(41)19-39)48-23-38(24-48)11-14-47(22-38)31(50)9-3-12-46-15-17-51-18-16-46/h1-3,5-9,20,27H,4,10-19,21-25H2/b9-3+/t27-,39+/m1/s1. The van der Waals surface area contributed by atoms with E-state index in [4.69, 9.17) is 26.1 Å². The number of likely N-dealkylation sites (tertiary alicyclic amines) is 1. The zero-order valence-corrected chi connectivity index (χ0v) is 29.8. The third kappa shape index (κ3) is 6.07. The number of ether oxygens (including phenoxy) is 2. The van der Waals surface area contributed by atoms with Crippen molar-refractivity contribution >= 4 is 45.0 Å². The number of halogens is 3. The molecule has 13 heteroatoms. The number of fused-ring (bicyclic) bond motifs is 3. The molecule has 2 atom stereocenters. The summed E-state index contributed by atoms with van der Waals surface area (Å²) in [4.78, 5) is 35.8. The summed E-state index contributed by atoms with van der Waals surface area (Å²) in [7, 11) is 0. The van der Waals surface area contributed by atoms with E-state index in [0.717, 1.165) is 64.0 Å². The quantitative estimate of drug-likeness (QED) is 0.218. The van der Waals surface area contributed by atoms with Gasteiger partial charge < -0.3 is 19.3 Å². The molecular weight excluding hydrogens is 688 g/mol. The molecule has 2 aromatic carbocycles. The first-order chi connectivity index (χ1) is 25.3. The molecule has 0 aliphatic carbocycles. The molecule has 52 heavy (non-hydrogen) atoms. The second-order valence-electron chi connectivity index (χ2n) is 15.2. The monoisotopic (exact) mass is 729 g/mol. The molecule has 2 aromatic heterocycles. The lowest BCUT2D eigenvalue weighted by molar-refractivity contribution is -0.125. The van der Waals surface area contributed by atoms with Crippen LogP contribution in [-0.4, -0.2) is 126 Å². The highest BCUT2D eigenvalue weighted by atomic mass is 35.5. The minimum absolute atomic E-state index is 0.0295. The van der Waals surface area contributed by atoms with E-state index in [1.54, 1.807) is 18.3 Å². The zero-order chi connectivity index (χ0) is 35.5. The Bertz CT molecular complexity index is 2050. The number of pyridine rings is 1. The first-order valence-corrected chi connectivity index (χ1v) is 18.7. The van der Waals surface area contributed by atoms with Gasteiger partial charge in [0, 0.05) is 92.4 Å². The van der Waals surface area contributed by atoms with E-state index < -0.39 is 17.5 Å². The average molecular weight is 730 g/mol. The third-order valence-electron chi connectivity index (χ3n) is 11.8. The molecule has 4 aromatic rings. The highest BCUT2D eigenvalue weighted by Gasteiger charge is 2.51. The van der Waals surface area contributed by atoms with E-state index in [1.165, 1.54) is 0 Å². The van der Waals surface area contributed by atoms with Gasteiger partial charge in [-0.25, -0.2) is 8.78 Å². The maximum absolute atomic E-state index is 16.8. The van der Waals surface area contributed by atoms with Crippen molar-refractivity contribution in [2.75, 3.05) is 83.6 Å². The van der Waals surface area contributed by atoms with Crippen molar-refractivity contribution < 1.29 is 23.0 Å². The van der Waals surface area contributed by atoms with Crippen molar-refractivity contribution in [3.8, 4) is 17.3 Å². The number of hydrogen-bond donors (Lipinski definition) is 0. The maximum Gasteiger partial charge on any atom is 0.319 e. The topological polar surface area (TPSA) is 87.2 Å². The first-order valence-electron chi connectivity index (χ1n) is 18.4. The van der Waals surface area contributed by atoms with Gasteiger partial charge >= 0.3 is 6.01 Å². The Morgan fingerprint density at radius 1 is 1.06 bits per heavy atom. The summed E-state index contributed by atoms with van der Waals surface area (Å²) in [6.45, 7) is 8.07. The summed E-state index contributed by atoms with van der Waals surface area (Å²) in [5, 5.41) is 2.58. The number of hydrogen-bond acceptors (Lipinski definition) is 9. The minimum Gasteiger partial charge on any atom is -0.461 e. The second-order valence-corrected chi connectivity index (χ2v) is 15.6. The molecule has 10 nitrogen and oxygen atoms in total. The Labute approximate surface area is 306 Å². The maximum atomic E-state index is 16.8. The number of benzene rings is 2. The van der Waals surface area contributed by atoms with Crippen LogP contribution in [0.3, 0.4) is 0 Å². The van der Waals surface area contributed by atoms with Crippen LogP contribution in [0, 0.1) is 11.2 Å². The third-order valence-corrected chi connectivity index (χ3v) is 12.1. The largest absolute Gasteiger partial charge is 0.461 e. The fourth-order valence-electron chi connectivity index (χ4n) is 9.14. The first kappa shape index (κ1) is 33.8. The summed E-state index contributed by atoms with van der Waals surface area (Å²) in [6, 6.07) is 11.3. The van der Waals surface area contributed by atoms with Crippen LogP contribution in [0.5, 0.6) is 6.01 Å². The molecule has 272 valence electrons. The van der Waals surface area contributed by atoms with Crippen molar-refractivity contribution in [2.45, 2.75) is 37.4 Å². The smallest absolute Gasteiger partial charge is 0.319 e. The number of rotatable bonds is 8. The van der Waals surface area contributed by atoms with E-state index in [0.29, 0.717) is 66.3 Å². The van der Waals surface area contributed by atoms with Crippen LogP contribution in [0.2, 0.25) is 5.02 Å². The van der Waals surface area contributed by atoms with Gasteiger partial charge in [-0.2, -0.15) is 9.97 Å². The predicted octanol–water partition coefficient (Wildman–Crippen LogP) is 5.52. The molecule has 0 radical (unpaired) electrons. The summed E-state index contributed by atoms with van der Waals surface area (Å²) in [6.07, 6.45) is 7.49. The number of alkyl halides is 1. The van der Waals surface area contributed by atoms with E-state index in [1.807, 2.05) is 41.3 Å². The van der Waals surface area contributed by atoms with Crippen molar-refractivity contribution in [1.82, 2.24) is 29.7 Å². The van der Waals surface area contributed by atoms with Crippen LogP contribution in [-0.2, 0) is 9.53 Å². The molecule has 5 fully saturated rings. The lowest BCUT2D eigenvalue weighted by Crippen LogP contribution is -2.58. The van der Waals surface area contributed by atoms with E-state index in [9.17, 15) is 9.18 Å². The molecule has 0 saturated carbocycles. The van der Waals surface area contributed by atoms with Crippen molar-refractivity contribution in [3.05, 3.63) is 65.6 Å². The summed E-state index contributed by atoms with van der Waals surface area (Å²) >= 11 is 6.64. The van der Waals surface area contributed by atoms with Gasteiger partial charge in [0.05, 0.1) is 24.1 Å². The van der Waals surface area contributed by atoms with Gasteiger partial charge in [0.1, 0.15) is 29.8 Å². The normalized spacial score (nSPS) is 24.8. The minimum atomic E-state index is -0.897. The van der Waals surface area contributed by atoms with Gasteiger partial charge in [0.2, 0.25) is 5.91 Å². The lowest BCUT2D eigenvalue weighted by atomic mass is 9.79. The number of nitrogens with zero attached hydrogens (tertiary/aromatic N) is 7. The van der Waals surface area contributed by atoms with Crippen LogP contribution in [0.25, 0.3) is 32.9 Å². The molecule has 5 saturated heterocycles. The SMILES string of the molecule is O=C(/C=C/CN1CCOCC1)N1CCC2(C1)CN(c1nc(OC[C@@]34CCCN3C[C@H](F)C4)nc3c(F)c(-c4cccc5cccc(Cl)c45)ncc13)C2. The van der Waals surface area contributed by atoms with E-state index in [2.05, 4.69) is 24.7 Å². The van der Waals surface area contributed by atoms with Crippen molar-refractivity contribution in [3.63, 3.8) is 0 Å². The summed E-state index contributed by atoms with van der Waals surface area (Å²) in [5.74, 6) is -0.00681. The number of carbonyl (C=O) groups is 1. The Kier molecular flexibility index (Phi) is 8.76. The Balaban J connectivity index is 0.999. The molecule has 0 bridgehead atoms. The highest BCUT2D eigenvalue weighted by Crippen LogP contribution is 2.45. The van der Waals surface area contributed by atoms with Gasteiger partial charge in [0.25, 0.3) is 0 Å². The summed E-state index contributed by atoms with van der Waals surface area (Å²) < 4.78 is 43.1. The highest BCUT2D eigenvalue weighted by molar-refractivity contribution is 6.36. The van der Waals surface area contributed by atoms with Crippen LogP contribution in [0.4, 0.5) is 14.6 Å². The van der Waals surface area contributed by atoms with Crippen molar-refractivity contribution in [2.24, 2.45) is 5.41 Å². The van der Waals surface area contributed by atoms with Gasteiger partial charge in [-0.15, -0.1) is 0 Å². The van der Waals surface area contributed by atoms with Crippen LogP contribution >= 0.6 is 11.6 Å². The Hall–Kier alpha value is -3.97. The molecule has 1 spiro atoms. The Morgan fingerprint density at radius 2 is 1.88 bits per heavy atom. The molecule has 5 aliphatic heterocycles. The number of carbonyl (C=O) groups excluding carboxylic acids is 1. The number of morpholine rings is 1. The van der Waals surface area contributed by atoms with Crippen LogP contribution in [0.1, 0.15) is 25.7 Å². The zero-order valence-electron chi connectivity index (χ0n) is 29.1. The molecule has 5 aliphatic rings. The van der Waals surface area contributed by atoms with Gasteiger partial charge in [-0.05, 0) is 37.3 Å². The van der Waals surface area contributed by atoms with E-state index >= 15 is 4.39 Å². The van der Waals surface area contributed by atoms with Gasteiger partial charge in [-0.3, -0.25) is 19.6 Å². The van der Waals surface area contributed by atoms with Gasteiger partial charge in [0.15, 0.2) is 5.82 Å². The fraction of sp³-hybridized carbons (Fsp3) is 0.487. The molecule has 1 amide bonds. The average Bonchev–Trinajstić information content (AvgIpc) is 3.84. The Morgan fingerprint density at radius 3 is 2.73 bits per heavy atom. The number of aromatic nitrogens is 3. The van der Waals surface area contributed by atoms with Gasteiger partial charge in [-0.1, -0.05) is 48.0 Å². The summed E-state index contributed by atoms with van der Waals surface area (Å²) in [5.41, 5.74) is 0.338. The fourth-order valence-corrected chi connectivity index (χ4v) is 9.43. The molecule has 7 heterocycles. The van der Waals surface area contributed by atoms with Crippen molar-refractivity contribution in [1.29, 1.82) is 0 Å². The van der Waals surface area contributed by atoms with Crippen LogP contribution < -0.4 is 9.64 Å². The molecule has 0 N–H and O–H groups in total. The predicted molar refractivity (Wildman–Crippen MR) is 196 cm³/mol. The molecular formula is C39H42ClF2N7O3. The second kappa shape index (κ2) is 13.5. The number of anilines is 1. The lowest BCUT2D eigenvalue weighted by Gasteiger charge is -2.48. The van der Waals surface area contributed by atoms with E-state index in [-0.39, 0.29) is 35.2 Å². The van der Waals surface area contributed by atoms with Crippen LogP contribution in [0.15, 0.2) is 54.7 Å².